The molecule has 0 aliphatic heterocycles. The van der Waals surface area contributed by atoms with Crippen molar-refractivity contribution in [1.29, 1.82) is 0 Å². The summed E-state index contributed by atoms with van der Waals surface area (Å²) in [4.78, 5) is 34.2. The first-order chi connectivity index (χ1) is 16.6. The molecule has 0 unspecified atom stereocenters. The highest BCUT2D eigenvalue weighted by atomic mass is 32.2. The molecule has 8 heteroatoms. The lowest BCUT2D eigenvalue weighted by atomic mass is 9.95. The molecule has 1 aliphatic carbocycles. The van der Waals surface area contributed by atoms with Crippen LogP contribution < -0.4 is 11.1 Å². The van der Waals surface area contributed by atoms with Gasteiger partial charge < -0.3 is 16.0 Å². The first-order valence-corrected chi connectivity index (χ1v) is 13.0. The zero-order valence-corrected chi connectivity index (χ0v) is 20.1. The molecule has 2 amide bonds. The number of hydrogen-bond acceptors (Lipinski definition) is 5. The molecule has 0 atom stereocenters. The number of hydrogen-bond donors (Lipinski definition) is 3. The van der Waals surface area contributed by atoms with E-state index in [1.54, 1.807) is 0 Å². The number of aryl methyl sites for hydroxylation is 1. The van der Waals surface area contributed by atoms with Crippen molar-refractivity contribution in [3.8, 4) is 22.5 Å². The molecule has 0 saturated heterocycles. The SMILES string of the molecule is NC(=O)c1c(NC(=O)CSc2nc(-c3ccccc3)c(-c3ccccc3)[nH]2)sc2c1CCCC2. The quantitative estimate of drug-likeness (QED) is 0.298. The standard InChI is InChI=1S/C26H24N4O2S2/c27-24(32)21-18-13-7-8-14-19(18)34-25(21)28-20(31)15-33-26-29-22(16-9-3-1-4-10-16)23(30-26)17-11-5-2-6-12-17/h1-6,9-12H,7-8,13-15H2,(H2,27,32)(H,28,31)(H,29,30). The minimum absolute atomic E-state index is 0.163. The highest BCUT2D eigenvalue weighted by Crippen LogP contribution is 2.38. The predicted octanol–water partition coefficient (Wildman–Crippen LogP) is 5.51. The van der Waals surface area contributed by atoms with Gasteiger partial charge in [-0.3, -0.25) is 9.59 Å². The van der Waals surface area contributed by atoms with Gasteiger partial charge in [0.2, 0.25) is 5.91 Å². The van der Waals surface area contributed by atoms with Gasteiger partial charge >= 0.3 is 0 Å². The van der Waals surface area contributed by atoms with Gasteiger partial charge in [0.15, 0.2) is 5.16 Å². The first kappa shape index (κ1) is 22.4. The molecule has 6 nitrogen and oxygen atoms in total. The van der Waals surface area contributed by atoms with Gasteiger partial charge in [-0.25, -0.2) is 4.98 Å². The van der Waals surface area contributed by atoms with Crippen molar-refractivity contribution in [2.75, 3.05) is 11.1 Å². The molecule has 0 fully saturated rings. The lowest BCUT2D eigenvalue weighted by Crippen LogP contribution is -2.19. The van der Waals surface area contributed by atoms with Crippen molar-refractivity contribution in [3.63, 3.8) is 0 Å². The van der Waals surface area contributed by atoms with E-state index >= 15 is 0 Å². The molecule has 2 aromatic carbocycles. The third-order valence-electron chi connectivity index (χ3n) is 5.80. The van der Waals surface area contributed by atoms with E-state index in [0.717, 1.165) is 58.6 Å². The van der Waals surface area contributed by atoms with Gasteiger partial charge in [0.25, 0.3) is 5.91 Å². The third-order valence-corrected chi connectivity index (χ3v) is 7.88. The van der Waals surface area contributed by atoms with Crippen molar-refractivity contribution in [2.24, 2.45) is 5.73 Å². The van der Waals surface area contributed by atoms with Crippen molar-refractivity contribution in [2.45, 2.75) is 30.8 Å². The Labute approximate surface area is 206 Å². The number of amides is 2. The van der Waals surface area contributed by atoms with Crippen molar-refractivity contribution in [1.82, 2.24) is 9.97 Å². The van der Waals surface area contributed by atoms with Gasteiger partial charge in [-0.1, -0.05) is 72.4 Å². The van der Waals surface area contributed by atoms with E-state index in [0.29, 0.717) is 15.7 Å². The summed E-state index contributed by atoms with van der Waals surface area (Å²) in [6, 6.07) is 20.0. The van der Waals surface area contributed by atoms with Crippen molar-refractivity contribution < 1.29 is 9.59 Å². The number of aromatic amines is 1. The fraction of sp³-hybridized carbons (Fsp3) is 0.192. The number of anilines is 1. The highest BCUT2D eigenvalue weighted by molar-refractivity contribution is 7.99. The fourth-order valence-corrected chi connectivity index (χ4v) is 6.23. The molecule has 0 radical (unpaired) electrons. The molecule has 1 aliphatic rings. The van der Waals surface area contributed by atoms with E-state index in [9.17, 15) is 9.59 Å². The number of aromatic nitrogens is 2. The Kier molecular flexibility index (Phi) is 6.51. The van der Waals surface area contributed by atoms with Crippen molar-refractivity contribution >= 4 is 39.9 Å². The second-order valence-corrected chi connectivity index (χ2v) is 10.2. The average molecular weight is 489 g/mol. The first-order valence-electron chi connectivity index (χ1n) is 11.2. The number of thiophene rings is 1. The summed E-state index contributed by atoms with van der Waals surface area (Å²) < 4.78 is 0. The van der Waals surface area contributed by atoms with E-state index in [1.807, 2.05) is 60.7 Å². The van der Waals surface area contributed by atoms with Crippen LogP contribution in [0.1, 0.15) is 33.6 Å². The Morgan fingerprint density at radius 2 is 1.68 bits per heavy atom. The predicted molar refractivity (Wildman–Crippen MR) is 138 cm³/mol. The maximum absolute atomic E-state index is 12.8. The number of imidazole rings is 1. The van der Waals surface area contributed by atoms with E-state index in [4.69, 9.17) is 10.7 Å². The molecule has 0 spiro atoms. The Morgan fingerprint density at radius 1 is 1.00 bits per heavy atom. The van der Waals surface area contributed by atoms with Gasteiger partial charge in [-0.2, -0.15) is 0 Å². The van der Waals surface area contributed by atoms with E-state index in [-0.39, 0.29) is 11.7 Å². The van der Waals surface area contributed by atoms with Crippen LogP contribution in [0.4, 0.5) is 5.00 Å². The van der Waals surface area contributed by atoms with Crippen LogP contribution >= 0.6 is 23.1 Å². The monoisotopic (exact) mass is 488 g/mol. The summed E-state index contributed by atoms with van der Waals surface area (Å²) >= 11 is 2.81. The molecular formula is C26H24N4O2S2. The molecule has 4 aromatic rings. The number of primary amides is 1. The number of nitrogens with one attached hydrogen (secondary N) is 2. The Morgan fingerprint density at radius 3 is 2.38 bits per heavy atom. The average Bonchev–Trinajstić information content (AvgIpc) is 3.45. The Bertz CT molecular complexity index is 1270. The van der Waals surface area contributed by atoms with Gasteiger partial charge in [-0.15, -0.1) is 11.3 Å². The number of H-pyrrole nitrogens is 1. The third kappa shape index (κ3) is 4.64. The minimum atomic E-state index is -0.478. The molecule has 2 heterocycles. The smallest absolute Gasteiger partial charge is 0.251 e. The lowest BCUT2D eigenvalue weighted by Gasteiger charge is -2.11. The Hall–Kier alpha value is -3.36. The number of carbonyl (C=O) groups excluding carboxylic acids is 2. The van der Waals surface area contributed by atoms with Crippen LogP contribution in [0.5, 0.6) is 0 Å². The van der Waals surface area contributed by atoms with E-state index in [1.165, 1.54) is 23.1 Å². The summed E-state index contributed by atoms with van der Waals surface area (Å²) in [5.74, 6) is -0.505. The molecule has 0 saturated carbocycles. The molecule has 2 aromatic heterocycles. The van der Waals surface area contributed by atoms with Crippen LogP contribution in [0.25, 0.3) is 22.5 Å². The fourth-order valence-electron chi connectivity index (χ4n) is 4.25. The highest BCUT2D eigenvalue weighted by Gasteiger charge is 2.25. The van der Waals surface area contributed by atoms with Crippen molar-refractivity contribution in [3.05, 3.63) is 76.7 Å². The van der Waals surface area contributed by atoms with Crippen LogP contribution in [-0.2, 0) is 17.6 Å². The second kappa shape index (κ2) is 9.87. The van der Waals surface area contributed by atoms with Gasteiger partial charge in [0.1, 0.15) is 5.00 Å². The molecule has 5 rings (SSSR count). The van der Waals surface area contributed by atoms with Crippen LogP contribution in [0.3, 0.4) is 0 Å². The zero-order valence-electron chi connectivity index (χ0n) is 18.5. The van der Waals surface area contributed by atoms with Gasteiger partial charge in [-0.05, 0) is 31.2 Å². The maximum atomic E-state index is 12.8. The molecule has 4 N–H and O–H groups in total. The van der Waals surface area contributed by atoms with Crippen LogP contribution in [0, 0.1) is 0 Å². The number of nitrogens with zero attached hydrogens (tertiary/aromatic N) is 1. The number of fused-ring (bicyclic) bond motifs is 1. The summed E-state index contributed by atoms with van der Waals surface area (Å²) in [7, 11) is 0. The van der Waals surface area contributed by atoms with Crippen LogP contribution in [0.15, 0.2) is 65.8 Å². The summed E-state index contributed by atoms with van der Waals surface area (Å²) in [5.41, 5.74) is 10.9. The van der Waals surface area contributed by atoms with Crippen LogP contribution in [0.2, 0.25) is 0 Å². The van der Waals surface area contributed by atoms with E-state index in [2.05, 4.69) is 10.3 Å². The largest absolute Gasteiger partial charge is 0.365 e. The van der Waals surface area contributed by atoms with Gasteiger partial charge in [0.05, 0.1) is 22.7 Å². The molecule has 0 bridgehead atoms. The van der Waals surface area contributed by atoms with Gasteiger partial charge in [0, 0.05) is 16.0 Å². The molecule has 34 heavy (non-hydrogen) atoms. The summed E-state index contributed by atoms with van der Waals surface area (Å²) in [6.45, 7) is 0. The Balaban J connectivity index is 1.35. The van der Waals surface area contributed by atoms with Crippen LogP contribution in [-0.4, -0.2) is 27.5 Å². The second-order valence-electron chi connectivity index (χ2n) is 8.11. The van der Waals surface area contributed by atoms with E-state index < -0.39 is 5.91 Å². The number of nitrogens with two attached hydrogens (primary N) is 1. The number of thioether (sulfide) groups is 1. The number of carbonyl (C=O) groups is 2. The molecular weight excluding hydrogens is 464 g/mol. The normalized spacial score (nSPS) is 12.8. The summed E-state index contributed by atoms with van der Waals surface area (Å²) in [6.07, 6.45) is 3.91. The molecule has 172 valence electrons. The maximum Gasteiger partial charge on any atom is 0.251 e. The zero-order chi connectivity index (χ0) is 23.5. The number of benzene rings is 2. The topological polar surface area (TPSA) is 101 Å². The lowest BCUT2D eigenvalue weighted by molar-refractivity contribution is -0.113. The number of rotatable bonds is 7. The minimum Gasteiger partial charge on any atom is -0.365 e. The summed E-state index contributed by atoms with van der Waals surface area (Å²) in [5, 5.41) is 4.15.